The molecule has 192 valence electrons. The molecule has 36 heavy (non-hydrogen) atoms. The molecule has 3 aromatic rings. The van der Waals surface area contributed by atoms with Crippen molar-refractivity contribution in [1.82, 2.24) is 24.6 Å². The number of anilines is 1. The number of hydrogen-bond donors (Lipinski definition) is 1. The number of pyridine rings is 1. The normalized spacial score (nSPS) is 14.9. The minimum atomic E-state index is -0.846. The van der Waals surface area contributed by atoms with E-state index in [0.29, 0.717) is 64.7 Å². The maximum absolute atomic E-state index is 13.1. The number of ether oxygens (including phenoxy) is 1. The second-order valence-corrected chi connectivity index (χ2v) is 9.66. The average Bonchev–Trinajstić information content (AvgIpc) is 3.17. The molecule has 0 spiro atoms. The first kappa shape index (κ1) is 26.2. The summed E-state index contributed by atoms with van der Waals surface area (Å²) in [7, 11) is 5.13. The average molecular weight is 533 g/mol. The van der Waals surface area contributed by atoms with Gasteiger partial charge in [-0.25, -0.2) is 4.98 Å². The first-order chi connectivity index (χ1) is 17.2. The van der Waals surface area contributed by atoms with Crippen LogP contribution in [0, 0.1) is 6.92 Å². The fourth-order valence-corrected chi connectivity index (χ4v) is 4.55. The number of rotatable bonds is 7. The van der Waals surface area contributed by atoms with E-state index in [1.54, 1.807) is 49.0 Å². The van der Waals surface area contributed by atoms with Gasteiger partial charge in [-0.05, 0) is 45.3 Å². The molecule has 2 aromatic heterocycles. The van der Waals surface area contributed by atoms with Crippen molar-refractivity contribution < 1.29 is 14.6 Å². The van der Waals surface area contributed by atoms with Gasteiger partial charge in [0.1, 0.15) is 24.2 Å². The van der Waals surface area contributed by atoms with E-state index in [1.165, 1.54) is 0 Å². The van der Waals surface area contributed by atoms with E-state index in [0.717, 1.165) is 5.69 Å². The Hall–Kier alpha value is -2.85. The second-order valence-electron chi connectivity index (χ2n) is 8.88. The van der Waals surface area contributed by atoms with E-state index in [1.807, 2.05) is 30.0 Å². The number of methoxy groups -OCH3 is 1. The molecule has 4 rings (SSSR count). The SMILES string of the molecule is COc1cc(N2CCN(C(=O)Cn3nc(-c4cccc(C(O)N(C)C)n4)c(Cl)c3C)CC2)ccc1Cl. The van der Waals surface area contributed by atoms with Crippen LogP contribution in [0.15, 0.2) is 36.4 Å². The smallest absolute Gasteiger partial charge is 0.244 e. The highest BCUT2D eigenvalue weighted by Gasteiger charge is 2.24. The molecule has 0 saturated carbocycles. The summed E-state index contributed by atoms with van der Waals surface area (Å²) in [5, 5.41) is 15.9. The molecule has 0 radical (unpaired) electrons. The topological polar surface area (TPSA) is 87.0 Å². The summed E-state index contributed by atoms with van der Waals surface area (Å²) in [5.41, 5.74) is 3.22. The molecule has 9 nitrogen and oxygen atoms in total. The molecule has 3 heterocycles. The Kier molecular flexibility index (Phi) is 8.04. The van der Waals surface area contributed by atoms with E-state index in [2.05, 4.69) is 15.0 Å². The van der Waals surface area contributed by atoms with Gasteiger partial charge in [-0.15, -0.1) is 0 Å². The molecule has 1 N–H and O–H groups in total. The predicted molar refractivity (Wildman–Crippen MR) is 141 cm³/mol. The maximum atomic E-state index is 13.1. The number of carbonyl (C=O) groups excluding carboxylic acids is 1. The van der Waals surface area contributed by atoms with Crippen LogP contribution in [0.3, 0.4) is 0 Å². The summed E-state index contributed by atoms with van der Waals surface area (Å²) in [5.74, 6) is 0.604. The van der Waals surface area contributed by atoms with Gasteiger partial charge in [0.15, 0.2) is 0 Å². The van der Waals surface area contributed by atoms with Gasteiger partial charge in [0.25, 0.3) is 0 Å². The van der Waals surface area contributed by atoms with Gasteiger partial charge in [-0.2, -0.15) is 5.10 Å². The van der Waals surface area contributed by atoms with Crippen LogP contribution in [0.1, 0.15) is 17.6 Å². The van der Waals surface area contributed by atoms with E-state index < -0.39 is 6.23 Å². The number of benzene rings is 1. The van der Waals surface area contributed by atoms with E-state index in [4.69, 9.17) is 27.9 Å². The lowest BCUT2D eigenvalue weighted by atomic mass is 10.2. The first-order valence-corrected chi connectivity index (χ1v) is 12.4. The van der Waals surface area contributed by atoms with Crippen LogP contribution in [0.25, 0.3) is 11.4 Å². The highest BCUT2D eigenvalue weighted by molar-refractivity contribution is 6.33. The molecular weight excluding hydrogens is 503 g/mol. The summed E-state index contributed by atoms with van der Waals surface area (Å²) in [6.07, 6.45) is -0.846. The zero-order valence-corrected chi connectivity index (χ0v) is 22.3. The van der Waals surface area contributed by atoms with Crippen molar-refractivity contribution in [2.45, 2.75) is 19.7 Å². The Labute approximate surface area is 220 Å². The van der Waals surface area contributed by atoms with Crippen LogP contribution in [-0.2, 0) is 11.3 Å². The molecule has 1 aromatic carbocycles. The van der Waals surface area contributed by atoms with E-state index in [-0.39, 0.29) is 12.5 Å². The van der Waals surface area contributed by atoms with Crippen molar-refractivity contribution in [3.05, 3.63) is 57.8 Å². The summed E-state index contributed by atoms with van der Waals surface area (Å²) in [6.45, 7) is 4.50. The fourth-order valence-electron chi connectivity index (χ4n) is 4.12. The minimum Gasteiger partial charge on any atom is -0.495 e. The highest BCUT2D eigenvalue weighted by Crippen LogP contribution is 2.31. The number of nitrogens with zero attached hydrogens (tertiary/aromatic N) is 6. The molecule has 11 heteroatoms. The van der Waals surface area contributed by atoms with Gasteiger partial charge in [0, 0.05) is 37.9 Å². The van der Waals surface area contributed by atoms with Crippen LogP contribution in [-0.4, -0.2) is 83.0 Å². The van der Waals surface area contributed by atoms with Crippen LogP contribution in [0.4, 0.5) is 5.69 Å². The van der Waals surface area contributed by atoms with Gasteiger partial charge in [-0.3, -0.25) is 14.4 Å². The maximum Gasteiger partial charge on any atom is 0.244 e. The number of halogens is 2. The molecule has 1 amide bonds. The quantitative estimate of drug-likeness (QED) is 0.466. The van der Waals surface area contributed by atoms with Crippen molar-refractivity contribution in [2.75, 3.05) is 52.3 Å². The molecule has 1 unspecified atom stereocenters. The number of aromatic nitrogens is 3. The molecule has 1 atom stereocenters. The lowest BCUT2D eigenvalue weighted by Crippen LogP contribution is -2.49. The Morgan fingerprint density at radius 1 is 1.17 bits per heavy atom. The van der Waals surface area contributed by atoms with Gasteiger partial charge in [-0.1, -0.05) is 29.3 Å². The number of piperazine rings is 1. The monoisotopic (exact) mass is 532 g/mol. The zero-order valence-electron chi connectivity index (χ0n) is 20.8. The third-order valence-electron chi connectivity index (χ3n) is 6.32. The zero-order chi connectivity index (χ0) is 26.0. The Bertz CT molecular complexity index is 1240. The Balaban J connectivity index is 1.44. The van der Waals surface area contributed by atoms with Crippen LogP contribution in [0.2, 0.25) is 10.0 Å². The predicted octanol–water partition coefficient (Wildman–Crippen LogP) is 3.47. The lowest BCUT2D eigenvalue weighted by molar-refractivity contribution is -0.132. The standard InChI is InChI=1S/C25H30Cl2N6O3/c1-16-23(27)24(19-6-5-7-20(28-19)25(35)30(2)3)29-33(16)15-22(34)32-12-10-31(11-13-32)17-8-9-18(26)21(14-17)36-4/h5-9,14,25,35H,10-13,15H2,1-4H3. The van der Waals surface area contributed by atoms with Crippen LogP contribution >= 0.6 is 23.2 Å². The molecule has 1 fully saturated rings. The van der Waals surface area contributed by atoms with Gasteiger partial charge >= 0.3 is 0 Å². The largest absolute Gasteiger partial charge is 0.495 e. The molecule has 0 bridgehead atoms. The van der Waals surface area contributed by atoms with Crippen molar-refractivity contribution in [3.8, 4) is 17.1 Å². The minimum absolute atomic E-state index is 0.0260. The number of hydrogen-bond acceptors (Lipinski definition) is 7. The van der Waals surface area contributed by atoms with Crippen molar-refractivity contribution in [1.29, 1.82) is 0 Å². The van der Waals surface area contributed by atoms with Gasteiger partial charge in [0.05, 0.1) is 34.2 Å². The number of aliphatic hydroxyl groups excluding tert-OH is 1. The van der Waals surface area contributed by atoms with E-state index in [9.17, 15) is 9.90 Å². The number of carbonyl (C=O) groups is 1. The van der Waals surface area contributed by atoms with Crippen LogP contribution in [0.5, 0.6) is 5.75 Å². The van der Waals surface area contributed by atoms with Gasteiger partial charge < -0.3 is 19.6 Å². The highest BCUT2D eigenvalue weighted by atomic mass is 35.5. The Morgan fingerprint density at radius 3 is 2.56 bits per heavy atom. The lowest BCUT2D eigenvalue weighted by Gasteiger charge is -2.36. The van der Waals surface area contributed by atoms with Crippen molar-refractivity contribution in [2.24, 2.45) is 0 Å². The van der Waals surface area contributed by atoms with E-state index >= 15 is 0 Å². The molecule has 1 aliphatic heterocycles. The molecule has 1 saturated heterocycles. The van der Waals surface area contributed by atoms with Gasteiger partial charge in [0.2, 0.25) is 5.91 Å². The summed E-state index contributed by atoms with van der Waals surface area (Å²) < 4.78 is 6.94. The van der Waals surface area contributed by atoms with Crippen molar-refractivity contribution >= 4 is 34.8 Å². The summed E-state index contributed by atoms with van der Waals surface area (Å²) in [4.78, 5) is 23.3. The van der Waals surface area contributed by atoms with Crippen molar-refractivity contribution in [3.63, 3.8) is 0 Å². The summed E-state index contributed by atoms with van der Waals surface area (Å²) >= 11 is 12.7. The number of aliphatic hydroxyl groups is 1. The third kappa shape index (κ3) is 5.44. The Morgan fingerprint density at radius 2 is 1.89 bits per heavy atom. The second kappa shape index (κ2) is 11.0. The molecular formula is C25H30Cl2N6O3. The first-order valence-electron chi connectivity index (χ1n) is 11.6. The molecule has 1 aliphatic rings. The summed E-state index contributed by atoms with van der Waals surface area (Å²) in [6, 6.07) is 11.0. The number of amides is 1. The third-order valence-corrected chi connectivity index (χ3v) is 7.08. The van der Waals surface area contributed by atoms with Crippen LogP contribution < -0.4 is 9.64 Å². The molecule has 0 aliphatic carbocycles. The fraction of sp³-hybridized carbons (Fsp3) is 0.400.